The Kier molecular flexibility index (Phi) is 6.15. The Hall–Kier alpha value is -0.570. The summed E-state index contributed by atoms with van der Waals surface area (Å²) >= 11 is 5.90. The van der Waals surface area contributed by atoms with Crippen LogP contribution in [0.3, 0.4) is 0 Å². The Morgan fingerprint density at radius 2 is 1.95 bits per heavy atom. The maximum Gasteiger partial charge on any atom is 0.0591 e. The first kappa shape index (κ1) is 14.8. The Morgan fingerprint density at radius 1 is 1.21 bits per heavy atom. The lowest BCUT2D eigenvalue weighted by atomic mass is 9.76. The summed E-state index contributed by atoms with van der Waals surface area (Å²) in [6, 6.07) is 8.93. The summed E-state index contributed by atoms with van der Waals surface area (Å²) in [5, 5.41) is 4.38. The first-order valence-electron chi connectivity index (χ1n) is 7.36. The smallest absolute Gasteiger partial charge is 0.0591 e. The van der Waals surface area contributed by atoms with Gasteiger partial charge in [0, 0.05) is 24.2 Å². The Balaban J connectivity index is 1.55. The maximum atomic E-state index is 5.90. The van der Waals surface area contributed by atoms with E-state index in [2.05, 4.69) is 24.4 Å². The zero-order chi connectivity index (χ0) is 13.5. The number of unbranched alkanes of at least 4 members (excludes halogenated alkanes) is 1. The van der Waals surface area contributed by atoms with Crippen LogP contribution in [-0.4, -0.2) is 25.8 Å². The summed E-state index contributed by atoms with van der Waals surface area (Å²) in [7, 11) is 0. The molecule has 1 fully saturated rings. The van der Waals surface area contributed by atoms with E-state index < -0.39 is 0 Å². The molecule has 19 heavy (non-hydrogen) atoms. The van der Waals surface area contributed by atoms with Crippen LogP contribution >= 0.6 is 11.6 Å². The molecule has 1 aromatic rings. The molecule has 0 saturated heterocycles. The summed E-state index contributed by atoms with van der Waals surface area (Å²) < 4.78 is 5.54. The van der Waals surface area contributed by atoms with Crippen LogP contribution < -0.4 is 5.32 Å². The van der Waals surface area contributed by atoms with Crippen molar-refractivity contribution in [3.05, 3.63) is 34.9 Å². The zero-order valence-corrected chi connectivity index (χ0v) is 12.5. The van der Waals surface area contributed by atoms with Gasteiger partial charge in [0.05, 0.1) is 6.61 Å². The topological polar surface area (TPSA) is 21.3 Å². The number of hydrogen-bond acceptors (Lipinski definition) is 2. The van der Waals surface area contributed by atoms with E-state index >= 15 is 0 Å². The van der Waals surface area contributed by atoms with E-state index in [9.17, 15) is 0 Å². The number of ether oxygens (including phenoxy) is 1. The van der Waals surface area contributed by atoms with Crippen molar-refractivity contribution in [3.8, 4) is 0 Å². The average Bonchev–Trinajstić information content (AvgIpc) is 2.37. The molecule has 3 heteroatoms. The predicted molar refractivity (Wildman–Crippen MR) is 80.9 cm³/mol. The number of rotatable bonds is 8. The van der Waals surface area contributed by atoms with Gasteiger partial charge >= 0.3 is 0 Å². The molecule has 2 nitrogen and oxygen atoms in total. The minimum atomic E-state index is 0.662. The van der Waals surface area contributed by atoms with Crippen molar-refractivity contribution in [1.82, 2.24) is 5.32 Å². The molecule has 0 aliphatic heterocycles. The predicted octanol–water partition coefficient (Wildman–Crippen LogP) is 3.99. The first-order valence-corrected chi connectivity index (χ1v) is 7.74. The highest BCUT2D eigenvalue weighted by atomic mass is 35.5. The van der Waals surface area contributed by atoms with Crippen molar-refractivity contribution in [3.63, 3.8) is 0 Å². The van der Waals surface area contributed by atoms with Gasteiger partial charge in [-0.25, -0.2) is 0 Å². The van der Waals surface area contributed by atoms with Gasteiger partial charge in [-0.1, -0.05) is 37.1 Å². The van der Waals surface area contributed by atoms with Crippen molar-refractivity contribution in [2.24, 2.45) is 0 Å². The van der Waals surface area contributed by atoms with Crippen molar-refractivity contribution in [1.29, 1.82) is 0 Å². The average molecular weight is 282 g/mol. The summed E-state index contributed by atoms with van der Waals surface area (Å²) in [6.07, 6.45) is 4.84. The Labute approximate surface area is 121 Å². The van der Waals surface area contributed by atoms with Crippen LogP contribution in [-0.2, 0) is 4.74 Å². The summed E-state index contributed by atoms with van der Waals surface area (Å²) in [5.41, 5.74) is 1.42. The van der Waals surface area contributed by atoms with E-state index in [4.69, 9.17) is 16.3 Å². The second-order valence-corrected chi connectivity index (χ2v) is 5.77. The third kappa shape index (κ3) is 4.79. The number of halogens is 1. The molecule has 2 rings (SSSR count). The molecule has 0 unspecified atom stereocenters. The minimum absolute atomic E-state index is 0.662. The molecule has 0 heterocycles. The van der Waals surface area contributed by atoms with E-state index in [-0.39, 0.29) is 0 Å². The van der Waals surface area contributed by atoms with Crippen molar-refractivity contribution in [2.75, 3.05) is 19.8 Å². The van der Waals surface area contributed by atoms with E-state index in [1.54, 1.807) is 0 Å². The lowest BCUT2D eigenvalue weighted by Crippen LogP contribution is -2.41. The largest absolute Gasteiger partial charge is 0.380 e. The minimum Gasteiger partial charge on any atom is -0.380 e. The molecule has 1 aliphatic rings. The second kappa shape index (κ2) is 7.88. The van der Waals surface area contributed by atoms with Crippen LogP contribution in [0.4, 0.5) is 0 Å². The van der Waals surface area contributed by atoms with Crippen LogP contribution in [0.2, 0.25) is 5.02 Å². The fourth-order valence-electron chi connectivity index (χ4n) is 2.48. The van der Waals surface area contributed by atoms with Crippen molar-refractivity contribution < 1.29 is 4.74 Å². The van der Waals surface area contributed by atoms with Gasteiger partial charge in [0.1, 0.15) is 0 Å². The summed E-state index contributed by atoms with van der Waals surface area (Å²) in [6.45, 7) is 4.90. The quantitative estimate of drug-likeness (QED) is 0.728. The molecule has 1 aliphatic carbocycles. The highest BCUT2D eigenvalue weighted by Gasteiger charge is 2.29. The van der Waals surface area contributed by atoms with Crippen molar-refractivity contribution in [2.45, 2.75) is 44.6 Å². The van der Waals surface area contributed by atoms with Crippen LogP contribution in [0, 0.1) is 0 Å². The molecule has 0 amide bonds. The van der Waals surface area contributed by atoms with E-state index in [0.717, 1.165) is 24.8 Å². The molecule has 106 valence electrons. The number of nitrogens with one attached hydrogen (secondary N) is 1. The van der Waals surface area contributed by atoms with Crippen molar-refractivity contribution >= 4 is 11.6 Å². The van der Waals surface area contributed by atoms with Crippen LogP contribution in [0.15, 0.2) is 24.3 Å². The monoisotopic (exact) mass is 281 g/mol. The fourth-order valence-corrected chi connectivity index (χ4v) is 2.60. The van der Waals surface area contributed by atoms with E-state index in [1.807, 2.05) is 12.1 Å². The molecule has 0 aromatic heterocycles. The third-order valence-electron chi connectivity index (χ3n) is 3.80. The number of hydrogen-bond donors (Lipinski definition) is 1. The Morgan fingerprint density at radius 3 is 2.63 bits per heavy atom. The normalized spacial score (nSPS) is 22.2. The maximum absolute atomic E-state index is 5.90. The zero-order valence-electron chi connectivity index (χ0n) is 11.7. The lowest BCUT2D eigenvalue weighted by molar-refractivity contribution is 0.126. The molecule has 0 atom stereocenters. The number of benzene rings is 1. The van der Waals surface area contributed by atoms with Gasteiger partial charge in [-0.15, -0.1) is 0 Å². The molecular weight excluding hydrogens is 258 g/mol. The second-order valence-electron chi connectivity index (χ2n) is 5.34. The van der Waals surface area contributed by atoms with Gasteiger partial charge in [-0.3, -0.25) is 0 Å². The highest BCUT2D eigenvalue weighted by molar-refractivity contribution is 6.30. The standard InChI is InChI=1S/C16H24ClNO/c1-2-3-9-19-10-8-18-16-11-14(12-16)13-4-6-15(17)7-5-13/h4-7,14,16,18H,2-3,8-12H2,1H3. The fraction of sp³-hybridized carbons (Fsp3) is 0.625. The third-order valence-corrected chi connectivity index (χ3v) is 4.05. The summed E-state index contributed by atoms with van der Waals surface area (Å²) in [4.78, 5) is 0. The van der Waals surface area contributed by atoms with Crippen LogP contribution in [0.5, 0.6) is 0 Å². The SMILES string of the molecule is CCCCOCCNC1CC(c2ccc(Cl)cc2)C1. The molecule has 1 N–H and O–H groups in total. The molecule has 1 aromatic carbocycles. The van der Waals surface area contributed by atoms with Gasteiger partial charge in [-0.2, -0.15) is 0 Å². The van der Waals surface area contributed by atoms with E-state index in [0.29, 0.717) is 12.0 Å². The summed E-state index contributed by atoms with van der Waals surface area (Å²) in [5.74, 6) is 0.704. The first-order chi connectivity index (χ1) is 9.29. The van der Waals surface area contributed by atoms with Crippen LogP contribution in [0.1, 0.15) is 44.1 Å². The molecule has 0 bridgehead atoms. The molecule has 0 radical (unpaired) electrons. The molecular formula is C16H24ClNO. The highest BCUT2D eigenvalue weighted by Crippen LogP contribution is 2.37. The van der Waals surface area contributed by atoms with Gasteiger partial charge in [0.2, 0.25) is 0 Å². The Bertz CT molecular complexity index is 360. The van der Waals surface area contributed by atoms with Gasteiger partial charge in [-0.05, 0) is 42.9 Å². The van der Waals surface area contributed by atoms with Gasteiger partial charge in [0.25, 0.3) is 0 Å². The lowest BCUT2D eigenvalue weighted by Gasteiger charge is -2.36. The molecule has 1 saturated carbocycles. The van der Waals surface area contributed by atoms with E-state index in [1.165, 1.54) is 31.2 Å². The molecule has 0 spiro atoms. The van der Waals surface area contributed by atoms with Gasteiger partial charge < -0.3 is 10.1 Å². The van der Waals surface area contributed by atoms with Gasteiger partial charge in [0.15, 0.2) is 0 Å². The van der Waals surface area contributed by atoms with Crippen LogP contribution in [0.25, 0.3) is 0 Å².